The van der Waals surface area contributed by atoms with Gasteiger partial charge in [-0.25, -0.2) is 0 Å². The molecule has 18 aromatic carbocycles. The molecule has 0 saturated carbocycles. The molecule has 109 heavy (non-hydrogen) atoms. The third-order valence-corrected chi connectivity index (χ3v) is 21.3. The van der Waals surface area contributed by atoms with E-state index >= 15 is 0 Å². The van der Waals surface area contributed by atoms with Crippen LogP contribution in [0.25, 0.3) is 154 Å². The second kappa shape index (κ2) is 30.3. The van der Waals surface area contributed by atoms with Crippen LogP contribution in [0.1, 0.15) is 0 Å². The molecule has 2 heterocycles. The fourth-order valence-corrected chi connectivity index (χ4v) is 15.6. The Balaban J connectivity index is 0.000000134. The van der Waals surface area contributed by atoms with E-state index in [-0.39, 0.29) is 0 Å². The molecule has 0 radical (unpaired) electrons. The first-order valence-corrected chi connectivity index (χ1v) is 37.7. The molecule has 20 aromatic rings. The molecule has 20 rings (SSSR count). The van der Waals surface area contributed by atoms with E-state index in [2.05, 4.69) is 408 Å². The average molecular weight is 1460 g/mol. The van der Waals surface area contributed by atoms with Crippen LogP contribution in [-0.4, -0.2) is 0 Å². The van der Waals surface area contributed by atoms with Crippen LogP contribution in [0.5, 0.6) is 0 Å². The Morgan fingerprint density at radius 1 is 0.202 bits per heavy atom. The summed E-state index contributed by atoms with van der Waals surface area (Å²) >= 11 is 3.53. The maximum absolute atomic E-state index is 6.40. The van der Waals surface area contributed by atoms with Gasteiger partial charge in [-0.1, -0.05) is 368 Å². The van der Waals surface area contributed by atoms with E-state index in [1.807, 2.05) is 42.5 Å². The third-order valence-electron chi connectivity index (χ3n) is 20.6. The van der Waals surface area contributed by atoms with Crippen molar-refractivity contribution in [2.24, 2.45) is 0 Å². The summed E-state index contributed by atoms with van der Waals surface area (Å²) in [5.74, 6) is 0. The van der Waals surface area contributed by atoms with Gasteiger partial charge < -0.3 is 19.1 Å². The largest absolute Gasteiger partial charge is 0.455 e. The second-order valence-electron chi connectivity index (χ2n) is 27.2. The first kappa shape index (κ1) is 67.1. The lowest BCUT2D eigenvalue weighted by Crippen LogP contribution is -2.11. The molecule has 1 N–H and O–H groups in total. The van der Waals surface area contributed by atoms with Gasteiger partial charge >= 0.3 is 0 Å². The molecule has 0 aliphatic rings. The highest BCUT2D eigenvalue weighted by Gasteiger charge is 2.20. The molecular weight excluding hydrogens is 1390 g/mol. The summed E-state index contributed by atoms with van der Waals surface area (Å²) in [4.78, 5) is 2.36. The quantitative estimate of drug-likeness (QED) is 0.125. The van der Waals surface area contributed by atoms with Crippen LogP contribution in [0, 0.1) is 0 Å². The molecule has 0 aliphatic carbocycles. The maximum Gasteiger partial charge on any atom is 0.143 e. The van der Waals surface area contributed by atoms with Crippen molar-refractivity contribution in [3.63, 3.8) is 0 Å². The summed E-state index contributed by atoms with van der Waals surface area (Å²) in [5.41, 5.74) is 28.0. The Hall–Kier alpha value is -13.8. The van der Waals surface area contributed by atoms with E-state index in [4.69, 9.17) is 8.83 Å². The molecule has 2 aromatic heterocycles. The number of anilines is 5. The first-order valence-electron chi connectivity index (χ1n) is 36.9. The molecule has 0 saturated heterocycles. The number of hydrogen-bond donors (Lipinski definition) is 1. The van der Waals surface area contributed by atoms with Crippen molar-refractivity contribution in [1.82, 2.24) is 0 Å². The molecular formula is C104H71BrN2O2. The molecule has 5 heteroatoms. The Labute approximate surface area is 642 Å². The zero-order valence-corrected chi connectivity index (χ0v) is 61.1. The highest BCUT2D eigenvalue weighted by Crippen LogP contribution is 2.45. The van der Waals surface area contributed by atoms with Gasteiger partial charge in [-0.2, -0.15) is 0 Å². The van der Waals surface area contributed by atoms with E-state index < -0.39 is 0 Å². The Bertz CT molecular complexity index is 6580. The maximum atomic E-state index is 6.40. The predicted octanol–water partition coefficient (Wildman–Crippen LogP) is 30.5. The van der Waals surface area contributed by atoms with Crippen molar-refractivity contribution in [2.45, 2.75) is 0 Å². The average Bonchev–Trinajstić information content (AvgIpc) is 1.67. The number of nitrogens with one attached hydrogen (secondary N) is 1. The lowest BCUT2D eigenvalue weighted by Gasteiger charge is -2.28. The molecule has 0 fully saturated rings. The van der Waals surface area contributed by atoms with Gasteiger partial charge in [0, 0.05) is 65.5 Å². The summed E-state index contributed by atoms with van der Waals surface area (Å²) in [6.07, 6.45) is 0. The van der Waals surface area contributed by atoms with Crippen molar-refractivity contribution in [2.75, 3.05) is 10.2 Å². The fourth-order valence-electron chi connectivity index (χ4n) is 15.1. The van der Waals surface area contributed by atoms with Crippen LogP contribution in [0.15, 0.2) is 438 Å². The molecule has 0 aliphatic heterocycles. The van der Waals surface area contributed by atoms with Gasteiger partial charge in [0.25, 0.3) is 0 Å². The summed E-state index contributed by atoms with van der Waals surface area (Å²) in [7, 11) is 0. The van der Waals surface area contributed by atoms with Crippen LogP contribution >= 0.6 is 15.9 Å². The van der Waals surface area contributed by atoms with Gasteiger partial charge in [-0.3, -0.25) is 0 Å². The van der Waals surface area contributed by atoms with E-state index in [0.717, 1.165) is 99.0 Å². The smallest absolute Gasteiger partial charge is 0.143 e. The minimum atomic E-state index is 0.907. The van der Waals surface area contributed by atoms with E-state index in [1.165, 1.54) is 88.3 Å². The highest BCUT2D eigenvalue weighted by atomic mass is 79.9. The summed E-state index contributed by atoms with van der Waals surface area (Å²) in [5, 5.41) is 13.2. The number of hydrogen-bond acceptors (Lipinski definition) is 4. The molecule has 0 amide bonds. The summed E-state index contributed by atoms with van der Waals surface area (Å²) in [6.45, 7) is 0. The Morgan fingerprint density at radius 3 is 0.972 bits per heavy atom. The lowest BCUT2D eigenvalue weighted by atomic mass is 9.96. The van der Waals surface area contributed by atoms with Gasteiger partial charge in [0.1, 0.15) is 22.3 Å². The lowest BCUT2D eigenvalue weighted by molar-refractivity contribution is 0.669. The molecule has 0 unspecified atom stereocenters. The van der Waals surface area contributed by atoms with Crippen LogP contribution in [0.2, 0.25) is 0 Å². The number of rotatable bonds is 13. The van der Waals surface area contributed by atoms with Gasteiger partial charge in [0.2, 0.25) is 0 Å². The SMILES string of the molecule is Brc1ccccc1-c1ccccc1.c1ccc(-c2ccccc2N(c2ccc(-c3ccc(-c4cccc5ccccc45)cc3)cc2)c2ccc(-c3cccc4c3oc3ccccc34)cc2)cc1.c1ccc2c(-c3ccc(-c4ccc(Nc5ccc(-c6cccc7c6oc6ccccc67)cc5)cc4)cc3)cccc2c1. The normalized spacial score (nSPS) is 11.2. The molecule has 0 spiro atoms. The van der Waals surface area contributed by atoms with Gasteiger partial charge in [0.15, 0.2) is 0 Å². The first-order chi connectivity index (χ1) is 54.0. The monoisotopic (exact) mass is 1460 g/mol. The third kappa shape index (κ3) is 13.9. The van der Waals surface area contributed by atoms with Crippen molar-refractivity contribution >= 4 is 110 Å². The number of nitrogens with zero attached hydrogens (tertiary/aromatic N) is 1. The second-order valence-corrected chi connectivity index (χ2v) is 28.1. The zero-order chi connectivity index (χ0) is 72.8. The molecule has 0 bridgehead atoms. The van der Waals surface area contributed by atoms with E-state index in [1.54, 1.807) is 0 Å². The summed E-state index contributed by atoms with van der Waals surface area (Å²) < 4.78 is 13.8. The standard InChI is InChI=1S/C52H35NO.C40H27NO.C12H9Br/c1-2-12-39(13-3-1)46-17-6-8-22-50(46)53(43-34-30-41(31-35-43)47-20-11-21-49-48-18-7-9-23-51(48)54-52(47)49)42-32-28-37(29-33-42)36-24-26-40(27-25-36)45-19-10-15-38-14-4-5-16-44(38)45;1-2-9-34-29(7-1)8-5-11-35(34)30-17-15-27(16-18-30)28-19-23-32(24-20-28)41-33-25-21-31(22-26-33)36-12-6-13-38-37-10-3-4-14-39(37)42-40(36)38;13-12-9-5-4-8-11(12)10-6-2-1-3-7-10/h1-35H;1-26,41H;1-9H. The number of furan rings is 2. The van der Waals surface area contributed by atoms with Crippen molar-refractivity contribution in [3.05, 3.63) is 429 Å². The minimum absolute atomic E-state index is 0.907. The number of para-hydroxylation sites is 5. The fraction of sp³-hybridized carbons (Fsp3) is 0. The number of fused-ring (bicyclic) bond motifs is 8. The van der Waals surface area contributed by atoms with Gasteiger partial charge in [-0.05, 0) is 167 Å². The molecule has 516 valence electrons. The number of halogens is 1. The topological polar surface area (TPSA) is 41.6 Å². The van der Waals surface area contributed by atoms with Crippen molar-refractivity contribution < 1.29 is 8.83 Å². The van der Waals surface area contributed by atoms with Crippen LogP contribution < -0.4 is 10.2 Å². The van der Waals surface area contributed by atoms with Crippen LogP contribution in [0.4, 0.5) is 28.4 Å². The van der Waals surface area contributed by atoms with Crippen molar-refractivity contribution in [1.29, 1.82) is 0 Å². The molecule has 0 atom stereocenters. The number of benzene rings is 18. The van der Waals surface area contributed by atoms with Gasteiger partial charge in [0.05, 0.1) is 5.69 Å². The Kier molecular flexibility index (Phi) is 18.7. The van der Waals surface area contributed by atoms with Crippen molar-refractivity contribution in [3.8, 4) is 89.0 Å². The zero-order valence-electron chi connectivity index (χ0n) is 59.6. The summed E-state index contributed by atoms with van der Waals surface area (Å²) in [6, 6.07) is 150. The van der Waals surface area contributed by atoms with Crippen LogP contribution in [0.3, 0.4) is 0 Å². The minimum Gasteiger partial charge on any atom is -0.455 e. The Morgan fingerprint density at radius 2 is 0.495 bits per heavy atom. The predicted molar refractivity (Wildman–Crippen MR) is 464 cm³/mol. The highest BCUT2D eigenvalue weighted by molar-refractivity contribution is 9.10. The van der Waals surface area contributed by atoms with E-state index in [0.29, 0.717) is 0 Å². The van der Waals surface area contributed by atoms with Gasteiger partial charge in [-0.15, -0.1) is 0 Å². The van der Waals surface area contributed by atoms with E-state index in [9.17, 15) is 0 Å². The molecule has 4 nitrogen and oxygen atoms in total. The van der Waals surface area contributed by atoms with Crippen LogP contribution in [-0.2, 0) is 0 Å².